The van der Waals surface area contributed by atoms with Gasteiger partial charge in [-0.25, -0.2) is 10.0 Å². The highest BCUT2D eigenvalue weighted by Crippen LogP contribution is 2.18. The maximum Gasteiger partial charge on any atom is 0.317 e. The summed E-state index contributed by atoms with van der Waals surface area (Å²) in [4.78, 5) is 21.2. The molecule has 1 aromatic heterocycles. The van der Waals surface area contributed by atoms with Crippen molar-refractivity contribution in [3.05, 3.63) is 11.6 Å². The van der Waals surface area contributed by atoms with E-state index in [-0.39, 0.29) is 17.1 Å². The summed E-state index contributed by atoms with van der Waals surface area (Å²) in [5.41, 5.74) is -0.141. The van der Waals surface area contributed by atoms with Crippen LogP contribution in [0.3, 0.4) is 0 Å². The van der Waals surface area contributed by atoms with Crippen LogP contribution in [0.15, 0.2) is 0 Å². The van der Waals surface area contributed by atoms with Crippen molar-refractivity contribution in [2.24, 2.45) is 0 Å². The highest BCUT2D eigenvalue weighted by molar-refractivity contribution is 5.89. The Morgan fingerprint density at radius 1 is 1.50 bits per heavy atom. The van der Waals surface area contributed by atoms with E-state index in [2.05, 4.69) is 15.2 Å². The molecule has 1 saturated heterocycles. The summed E-state index contributed by atoms with van der Waals surface area (Å²) >= 11 is 0. The van der Waals surface area contributed by atoms with Crippen molar-refractivity contribution in [1.82, 2.24) is 20.2 Å². The SMILES string of the molecule is CC(C)(C)c1nc(C(=O)N2CCCO2)n[nH]1. The molecule has 6 nitrogen and oxygen atoms in total. The van der Waals surface area contributed by atoms with Gasteiger partial charge in [0, 0.05) is 5.41 Å². The van der Waals surface area contributed by atoms with Crippen LogP contribution in [0.1, 0.15) is 43.6 Å². The molecule has 1 N–H and O–H groups in total. The quantitative estimate of drug-likeness (QED) is 0.768. The number of aromatic nitrogens is 3. The minimum absolute atomic E-state index is 0.141. The second-order valence-electron chi connectivity index (χ2n) is 4.85. The minimum atomic E-state index is -0.274. The largest absolute Gasteiger partial charge is 0.317 e. The third-order valence-corrected chi connectivity index (χ3v) is 2.37. The van der Waals surface area contributed by atoms with E-state index >= 15 is 0 Å². The molecule has 0 unspecified atom stereocenters. The van der Waals surface area contributed by atoms with Gasteiger partial charge in [-0.05, 0) is 6.42 Å². The van der Waals surface area contributed by atoms with Crippen LogP contribution in [0.25, 0.3) is 0 Å². The van der Waals surface area contributed by atoms with Gasteiger partial charge >= 0.3 is 5.91 Å². The zero-order valence-corrected chi connectivity index (χ0v) is 9.78. The zero-order chi connectivity index (χ0) is 11.8. The first kappa shape index (κ1) is 11.1. The molecule has 0 radical (unpaired) electrons. The standard InChI is InChI=1S/C10H16N4O2/c1-10(2,3)9-11-7(12-13-9)8(15)14-5-4-6-16-14/h4-6H2,1-3H3,(H,11,12,13). The number of nitrogens with zero attached hydrogens (tertiary/aromatic N) is 3. The molecule has 88 valence electrons. The highest BCUT2D eigenvalue weighted by atomic mass is 16.7. The molecule has 2 rings (SSSR count). The summed E-state index contributed by atoms with van der Waals surface area (Å²) in [5.74, 6) is 0.603. The summed E-state index contributed by atoms with van der Waals surface area (Å²) in [6.45, 7) is 7.22. The maximum absolute atomic E-state index is 11.8. The zero-order valence-electron chi connectivity index (χ0n) is 9.78. The first-order valence-electron chi connectivity index (χ1n) is 5.36. The lowest BCUT2D eigenvalue weighted by atomic mass is 9.96. The first-order chi connectivity index (χ1) is 7.48. The van der Waals surface area contributed by atoms with E-state index in [0.717, 1.165) is 6.42 Å². The van der Waals surface area contributed by atoms with E-state index in [4.69, 9.17) is 4.84 Å². The van der Waals surface area contributed by atoms with Crippen molar-refractivity contribution in [3.8, 4) is 0 Å². The molecule has 2 heterocycles. The Bertz CT molecular complexity index is 388. The molecular formula is C10H16N4O2. The van der Waals surface area contributed by atoms with Gasteiger partial charge in [0.1, 0.15) is 5.82 Å². The summed E-state index contributed by atoms with van der Waals surface area (Å²) in [7, 11) is 0. The van der Waals surface area contributed by atoms with Crippen LogP contribution < -0.4 is 0 Å². The number of amides is 1. The molecular weight excluding hydrogens is 208 g/mol. The van der Waals surface area contributed by atoms with E-state index in [1.807, 2.05) is 20.8 Å². The number of aromatic amines is 1. The Kier molecular flexibility index (Phi) is 2.67. The Hall–Kier alpha value is -1.43. The summed E-state index contributed by atoms with van der Waals surface area (Å²) in [6.07, 6.45) is 0.863. The maximum atomic E-state index is 11.8. The lowest BCUT2D eigenvalue weighted by molar-refractivity contribution is -0.0775. The van der Waals surface area contributed by atoms with Gasteiger partial charge in [0.15, 0.2) is 0 Å². The molecule has 1 fully saturated rings. The fourth-order valence-electron chi connectivity index (χ4n) is 1.41. The topological polar surface area (TPSA) is 71.1 Å². The van der Waals surface area contributed by atoms with E-state index in [1.165, 1.54) is 5.06 Å². The van der Waals surface area contributed by atoms with Crippen molar-refractivity contribution in [3.63, 3.8) is 0 Å². The van der Waals surface area contributed by atoms with Crippen molar-refractivity contribution in [2.45, 2.75) is 32.6 Å². The number of hydrogen-bond acceptors (Lipinski definition) is 4. The number of carbonyl (C=O) groups excluding carboxylic acids is 1. The molecule has 0 aromatic carbocycles. The monoisotopic (exact) mass is 224 g/mol. The van der Waals surface area contributed by atoms with Gasteiger partial charge in [0.05, 0.1) is 13.2 Å². The Labute approximate surface area is 94.0 Å². The number of hydrogen-bond donors (Lipinski definition) is 1. The van der Waals surface area contributed by atoms with E-state index < -0.39 is 0 Å². The molecule has 1 aliphatic heterocycles. The van der Waals surface area contributed by atoms with Crippen LogP contribution in [0.5, 0.6) is 0 Å². The van der Waals surface area contributed by atoms with Gasteiger partial charge < -0.3 is 0 Å². The minimum Gasteiger partial charge on any atom is -0.271 e. The summed E-state index contributed by atoms with van der Waals surface area (Å²) < 4.78 is 0. The molecule has 0 saturated carbocycles. The smallest absolute Gasteiger partial charge is 0.271 e. The average molecular weight is 224 g/mol. The number of rotatable bonds is 1. The van der Waals surface area contributed by atoms with Crippen LogP contribution >= 0.6 is 0 Å². The molecule has 1 aromatic rings. The van der Waals surface area contributed by atoms with Crippen molar-refractivity contribution < 1.29 is 9.63 Å². The number of hydroxylamine groups is 2. The van der Waals surface area contributed by atoms with Crippen molar-refractivity contribution >= 4 is 5.91 Å². The Morgan fingerprint density at radius 3 is 2.75 bits per heavy atom. The fraction of sp³-hybridized carbons (Fsp3) is 0.700. The van der Waals surface area contributed by atoms with Crippen LogP contribution in [0, 0.1) is 0 Å². The van der Waals surface area contributed by atoms with E-state index in [9.17, 15) is 4.79 Å². The lowest BCUT2D eigenvalue weighted by Gasteiger charge is -2.13. The number of carbonyl (C=O) groups is 1. The van der Waals surface area contributed by atoms with Crippen molar-refractivity contribution in [1.29, 1.82) is 0 Å². The van der Waals surface area contributed by atoms with Gasteiger partial charge in [0.2, 0.25) is 5.82 Å². The van der Waals surface area contributed by atoms with Gasteiger partial charge in [-0.3, -0.25) is 14.7 Å². The predicted molar refractivity (Wildman–Crippen MR) is 56.7 cm³/mol. The molecule has 0 aliphatic carbocycles. The third kappa shape index (κ3) is 2.06. The molecule has 1 aliphatic rings. The first-order valence-corrected chi connectivity index (χ1v) is 5.36. The molecule has 6 heteroatoms. The second-order valence-corrected chi connectivity index (χ2v) is 4.85. The molecule has 0 atom stereocenters. The second kappa shape index (κ2) is 3.86. The van der Waals surface area contributed by atoms with Gasteiger partial charge in [-0.15, -0.1) is 5.10 Å². The third-order valence-electron chi connectivity index (χ3n) is 2.37. The molecule has 0 bridgehead atoms. The van der Waals surface area contributed by atoms with Crippen LogP contribution in [-0.4, -0.2) is 39.3 Å². The van der Waals surface area contributed by atoms with Crippen LogP contribution in [0.2, 0.25) is 0 Å². The molecule has 16 heavy (non-hydrogen) atoms. The molecule has 1 amide bonds. The number of H-pyrrole nitrogens is 1. The summed E-state index contributed by atoms with van der Waals surface area (Å²) in [5, 5.41) is 8.02. The van der Waals surface area contributed by atoms with Gasteiger partial charge in [0.25, 0.3) is 0 Å². The van der Waals surface area contributed by atoms with Gasteiger partial charge in [-0.1, -0.05) is 20.8 Å². The van der Waals surface area contributed by atoms with Crippen LogP contribution in [0.4, 0.5) is 0 Å². The molecule has 0 spiro atoms. The Balaban J connectivity index is 2.15. The number of nitrogens with one attached hydrogen (secondary N) is 1. The van der Waals surface area contributed by atoms with Gasteiger partial charge in [-0.2, -0.15) is 0 Å². The predicted octanol–water partition coefficient (Wildman–Crippen LogP) is 0.880. The van der Waals surface area contributed by atoms with Crippen LogP contribution in [-0.2, 0) is 10.3 Å². The fourth-order valence-corrected chi connectivity index (χ4v) is 1.41. The van der Waals surface area contributed by atoms with E-state index in [1.54, 1.807) is 0 Å². The van der Waals surface area contributed by atoms with Crippen molar-refractivity contribution in [2.75, 3.05) is 13.2 Å². The highest BCUT2D eigenvalue weighted by Gasteiger charge is 2.26. The summed E-state index contributed by atoms with van der Waals surface area (Å²) in [6, 6.07) is 0. The Morgan fingerprint density at radius 2 is 2.25 bits per heavy atom. The lowest BCUT2D eigenvalue weighted by Crippen LogP contribution is -2.27. The normalized spacial score (nSPS) is 16.8. The average Bonchev–Trinajstić information content (AvgIpc) is 2.87. The van der Waals surface area contributed by atoms with E-state index in [0.29, 0.717) is 19.0 Å².